The average molecular weight is 425 g/mol. The van der Waals surface area contributed by atoms with Gasteiger partial charge in [0.15, 0.2) is 12.1 Å². The molecule has 3 nitrogen and oxygen atoms in total. The summed E-state index contributed by atoms with van der Waals surface area (Å²) in [6, 6.07) is 0. The second-order valence-corrected chi connectivity index (χ2v) is 11.4. The first-order valence-corrected chi connectivity index (χ1v) is 12.8. The Morgan fingerprint density at radius 2 is 2.10 bits per heavy atom. The van der Waals surface area contributed by atoms with Crippen molar-refractivity contribution in [1.82, 2.24) is 0 Å². The monoisotopic (exact) mass is 424 g/mol. The molecule has 4 aliphatic carbocycles. The first-order chi connectivity index (χ1) is 15.0. The minimum atomic E-state index is 0.0417. The summed E-state index contributed by atoms with van der Waals surface area (Å²) in [6.07, 6.45) is 22.0. The molecule has 1 aliphatic heterocycles. The Labute approximate surface area is 188 Å². The summed E-state index contributed by atoms with van der Waals surface area (Å²) < 4.78 is 11.6. The molecule has 5 rings (SSSR count). The molecule has 0 spiro atoms. The van der Waals surface area contributed by atoms with Crippen molar-refractivity contribution >= 4 is 5.78 Å². The van der Waals surface area contributed by atoms with Gasteiger partial charge in [-0.05, 0) is 104 Å². The lowest BCUT2D eigenvalue weighted by atomic mass is 9.49. The van der Waals surface area contributed by atoms with E-state index in [1.54, 1.807) is 5.57 Å². The summed E-state index contributed by atoms with van der Waals surface area (Å²) in [6.45, 7) is 6.66. The normalized spacial score (nSPS) is 43.4. The molecule has 0 amide bonds. The molecule has 0 N–H and O–H groups in total. The molecular formula is C28H40O3. The van der Waals surface area contributed by atoms with E-state index in [0.717, 1.165) is 51.2 Å². The molecule has 0 bridgehead atoms. The lowest BCUT2D eigenvalue weighted by Crippen LogP contribution is -2.47. The molecule has 1 heterocycles. The van der Waals surface area contributed by atoms with Gasteiger partial charge in [0.25, 0.3) is 0 Å². The quantitative estimate of drug-likeness (QED) is 0.371. The van der Waals surface area contributed by atoms with Crippen LogP contribution in [0.1, 0.15) is 84.5 Å². The fraction of sp³-hybridized carbons (Fsp3) is 0.750. The number of unbranched alkanes of at least 4 members (excludes halogenated alkanes) is 1. The number of ether oxygens (including phenoxy) is 2. The Kier molecular flexibility index (Phi) is 6.03. The van der Waals surface area contributed by atoms with Crippen LogP contribution in [0.4, 0.5) is 0 Å². The Bertz CT molecular complexity index is 786. The van der Waals surface area contributed by atoms with Crippen LogP contribution in [0.2, 0.25) is 0 Å². The van der Waals surface area contributed by atoms with Gasteiger partial charge in [-0.1, -0.05) is 37.6 Å². The molecule has 0 radical (unpaired) electrons. The molecule has 170 valence electrons. The largest absolute Gasteiger partial charge is 0.353 e. The maximum Gasteiger partial charge on any atom is 0.157 e. The molecule has 0 aromatic carbocycles. The lowest BCUT2D eigenvalue weighted by molar-refractivity contribution is -0.162. The smallest absolute Gasteiger partial charge is 0.157 e. The van der Waals surface area contributed by atoms with E-state index in [2.05, 4.69) is 32.1 Å². The first kappa shape index (κ1) is 21.6. The van der Waals surface area contributed by atoms with E-state index >= 15 is 0 Å². The van der Waals surface area contributed by atoms with E-state index in [9.17, 15) is 4.79 Å². The van der Waals surface area contributed by atoms with Crippen molar-refractivity contribution in [2.24, 2.45) is 28.6 Å². The van der Waals surface area contributed by atoms with Crippen molar-refractivity contribution in [3.63, 3.8) is 0 Å². The van der Waals surface area contributed by atoms with Gasteiger partial charge >= 0.3 is 0 Å². The van der Waals surface area contributed by atoms with Gasteiger partial charge in [-0.3, -0.25) is 4.79 Å². The molecular weight excluding hydrogens is 384 g/mol. The zero-order valence-electron chi connectivity index (χ0n) is 19.5. The minimum Gasteiger partial charge on any atom is -0.353 e. The van der Waals surface area contributed by atoms with Crippen LogP contribution < -0.4 is 0 Å². The molecule has 0 aromatic heterocycles. The molecule has 5 aliphatic rings. The van der Waals surface area contributed by atoms with Crippen LogP contribution >= 0.6 is 0 Å². The Morgan fingerprint density at radius 1 is 1.19 bits per heavy atom. The highest BCUT2D eigenvalue weighted by Gasteiger charge is 2.55. The number of carbonyl (C=O) groups is 1. The number of carbonyl (C=O) groups excluding carboxylic acids is 1. The maximum atomic E-state index is 12.0. The van der Waals surface area contributed by atoms with Crippen LogP contribution in [0, 0.1) is 28.6 Å². The number of rotatable bonds is 5. The number of hydrogen-bond donors (Lipinski definition) is 0. The average Bonchev–Trinajstić information content (AvgIpc) is 3.11. The molecule has 1 saturated heterocycles. The van der Waals surface area contributed by atoms with E-state index in [1.165, 1.54) is 44.1 Å². The third kappa shape index (κ3) is 4.13. The summed E-state index contributed by atoms with van der Waals surface area (Å²) >= 11 is 0. The molecule has 2 saturated carbocycles. The summed E-state index contributed by atoms with van der Waals surface area (Å²) in [4.78, 5) is 12.0. The van der Waals surface area contributed by atoms with Gasteiger partial charge < -0.3 is 9.47 Å². The number of hydrogen-bond acceptors (Lipinski definition) is 3. The second-order valence-electron chi connectivity index (χ2n) is 11.4. The molecule has 31 heavy (non-hydrogen) atoms. The molecule has 1 unspecified atom stereocenters. The molecule has 6 atom stereocenters. The van der Waals surface area contributed by atoms with Crippen molar-refractivity contribution in [3.8, 4) is 0 Å². The lowest BCUT2D eigenvalue weighted by Gasteiger charge is -2.55. The SMILES string of the molecule is C[C@]12CC[C@H]3[C@@H](C=CC4=CC(=O)CC[C@@]43C)[C@@H]1CC(=CCCCOC1CCCCO1)C2. The fourth-order valence-corrected chi connectivity index (χ4v) is 7.49. The van der Waals surface area contributed by atoms with Gasteiger partial charge in [-0.2, -0.15) is 0 Å². The topological polar surface area (TPSA) is 35.5 Å². The van der Waals surface area contributed by atoms with Gasteiger partial charge in [0.05, 0.1) is 6.61 Å². The first-order valence-electron chi connectivity index (χ1n) is 12.8. The number of fused-ring (bicyclic) bond motifs is 5. The van der Waals surface area contributed by atoms with Gasteiger partial charge in [0.2, 0.25) is 0 Å². The summed E-state index contributed by atoms with van der Waals surface area (Å²) in [5.41, 5.74) is 3.65. The number of ketones is 1. The van der Waals surface area contributed by atoms with E-state index in [0.29, 0.717) is 23.0 Å². The van der Waals surface area contributed by atoms with Gasteiger partial charge in [-0.25, -0.2) is 0 Å². The highest BCUT2D eigenvalue weighted by Crippen LogP contribution is 2.64. The minimum absolute atomic E-state index is 0.0417. The van der Waals surface area contributed by atoms with E-state index in [-0.39, 0.29) is 11.7 Å². The summed E-state index contributed by atoms with van der Waals surface area (Å²) in [5.74, 6) is 2.46. The van der Waals surface area contributed by atoms with Gasteiger partial charge in [-0.15, -0.1) is 0 Å². The summed E-state index contributed by atoms with van der Waals surface area (Å²) in [7, 11) is 0. The Balaban J connectivity index is 1.21. The van der Waals surface area contributed by atoms with Crippen molar-refractivity contribution in [2.45, 2.75) is 90.8 Å². The third-order valence-corrected chi connectivity index (χ3v) is 9.37. The van der Waals surface area contributed by atoms with Crippen LogP contribution in [-0.4, -0.2) is 25.3 Å². The predicted octanol–water partition coefficient (Wildman–Crippen LogP) is 6.54. The van der Waals surface area contributed by atoms with Crippen LogP contribution in [-0.2, 0) is 14.3 Å². The van der Waals surface area contributed by atoms with Crippen LogP contribution in [0.5, 0.6) is 0 Å². The van der Waals surface area contributed by atoms with E-state index < -0.39 is 0 Å². The maximum absolute atomic E-state index is 12.0. The van der Waals surface area contributed by atoms with Crippen molar-refractivity contribution in [3.05, 3.63) is 35.5 Å². The Morgan fingerprint density at radius 3 is 2.94 bits per heavy atom. The van der Waals surface area contributed by atoms with Crippen LogP contribution in [0.3, 0.4) is 0 Å². The summed E-state index contributed by atoms with van der Waals surface area (Å²) in [5, 5.41) is 0. The number of allylic oxidation sites excluding steroid dienone is 6. The standard InChI is InChI=1S/C28H40O3/c1-27-13-12-24-23(10-9-21-18-22(29)11-14-28(21,24)2)25(27)17-20(19-27)7-3-5-15-30-26-8-4-6-16-31-26/h7,9-10,18,23-26H,3-6,8,11-17,19H2,1-2H3/t23-,24+,25+,26?,27-,28+/m1/s1. The second kappa shape index (κ2) is 8.63. The van der Waals surface area contributed by atoms with E-state index in [4.69, 9.17) is 9.47 Å². The van der Waals surface area contributed by atoms with Crippen LogP contribution in [0.25, 0.3) is 0 Å². The third-order valence-electron chi connectivity index (χ3n) is 9.37. The highest BCUT2D eigenvalue weighted by atomic mass is 16.7. The zero-order valence-corrected chi connectivity index (χ0v) is 19.5. The van der Waals surface area contributed by atoms with Gasteiger partial charge in [0, 0.05) is 13.0 Å². The predicted molar refractivity (Wildman–Crippen MR) is 123 cm³/mol. The van der Waals surface area contributed by atoms with Crippen molar-refractivity contribution in [2.75, 3.05) is 13.2 Å². The van der Waals surface area contributed by atoms with Crippen molar-refractivity contribution in [1.29, 1.82) is 0 Å². The molecule has 3 heteroatoms. The van der Waals surface area contributed by atoms with Gasteiger partial charge in [0.1, 0.15) is 0 Å². The molecule has 3 fully saturated rings. The van der Waals surface area contributed by atoms with E-state index in [1.807, 2.05) is 6.08 Å². The zero-order chi connectivity index (χ0) is 21.5. The Hall–Kier alpha value is -1.19. The molecule has 0 aromatic rings. The highest BCUT2D eigenvalue weighted by molar-refractivity contribution is 5.92. The van der Waals surface area contributed by atoms with Crippen molar-refractivity contribution < 1.29 is 14.3 Å². The van der Waals surface area contributed by atoms with Crippen LogP contribution in [0.15, 0.2) is 35.5 Å². The fourth-order valence-electron chi connectivity index (χ4n) is 7.49.